The van der Waals surface area contributed by atoms with E-state index in [1.807, 2.05) is 0 Å². The third-order valence-corrected chi connectivity index (χ3v) is 4.64. The Kier molecular flexibility index (Phi) is 4.34. The third kappa shape index (κ3) is 3.22. The second-order valence-electron chi connectivity index (χ2n) is 6.04. The molecule has 4 aromatic rings. The van der Waals surface area contributed by atoms with Gasteiger partial charge in [-0.3, -0.25) is 4.79 Å². The van der Waals surface area contributed by atoms with Crippen LogP contribution in [-0.2, 0) is 6.18 Å². The lowest BCUT2D eigenvalue weighted by Gasteiger charge is -2.10. The molecule has 0 aliphatic rings. The molecule has 0 saturated heterocycles. The van der Waals surface area contributed by atoms with Crippen molar-refractivity contribution in [3.63, 3.8) is 0 Å². The Balaban J connectivity index is 1.73. The predicted molar refractivity (Wildman–Crippen MR) is 98.4 cm³/mol. The summed E-state index contributed by atoms with van der Waals surface area (Å²) in [7, 11) is 0. The Morgan fingerprint density at radius 3 is 2.61 bits per heavy atom. The first-order valence-corrected chi connectivity index (χ1v) is 8.78. The van der Waals surface area contributed by atoms with E-state index in [2.05, 4.69) is 30.9 Å². The van der Waals surface area contributed by atoms with Crippen molar-refractivity contribution >= 4 is 32.7 Å². The highest BCUT2D eigenvalue weighted by molar-refractivity contribution is 9.10. The number of rotatable bonds is 3. The zero-order valence-electron chi connectivity index (χ0n) is 13.9. The lowest BCUT2D eigenvalue weighted by Crippen LogP contribution is -2.13. The fourth-order valence-corrected chi connectivity index (χ4v) is 3.35. The van der Waals surface area contributed by atoms with Crippen LogP contribution in [0.3, 0.4) is 0 Å². The smallest absolute Gasteiger partial charge is 0.358 e. The Labute approximate surface area is 163 Å². The van der Waals surface area contributed by atoms with Gasteiger partial charge in [0.2, 0.25) is 0 Å². The lowest BCUT2D eigenvalue weighted by molar-refractivity contribution is -0.137. The zero-order chi connectivity index (χ0) is 20.1. The first-order chi connectivity index (χ1) is 13.2. The average Bonchev–Trinajstić information content (AvgIpc) is 3.27. The van der Waals surface area contributed by atoms with Gasteiger partial charge in [0, 0.05) is 21.8 Å². The zero-order valence-corrected chi connectivity index (χ0v) is 15.5. The van der Waals surface area contributed by atoms with E-state index < -0.39 is 28.9 Å². The molecule has 0 unspecified atom stereocenters. The van der Waals surface area contributed by atoms with Crippen LogP contribution in [0.2, 0.25) is 0 Å². The number of halogens is 5. The van der Waals surface area contributed by atoms with Gasteiger partial charge in [-0.25, -0.2) is 9.37 Å². The number of aromatic nitrogens is 3. The van der Waals surface area contributed by atoms with Gasteiger partial charge in [-0.1, -0.05) is 34.1 Å². The van der Waals surface area contributed by atoms with Gasteiger partial charge >= 0.3 is 6.18 Å². The number of H-pyrrole nitrogens is 2. The van der Waals surface area contributed by atoms with Gasteiger partial charge in [-0.2, -0.15) is 13.2 Å². The van der Waals surface area contributed by atoms with Gasteiger partial charge in [0.1, 0.15) is 5.52 Å². The van der Waals surface area contributed by atoms with Crippen molar-refractivity contribution in [3.8, 4) is 11.5 Å². The van der Waals surface area contributed by atoms with Crippen LogP contribution in [0.1, 0.15) is 21.5 Å². The molecule has 0 amide bonds. The number of hydrogen-bond donors (Lipinski definition) is 2. The standard InChI is InChI=1S/C19H10BrF4N3O/c20-10-6-13(21)16-14(7-10)26-18(27-16)15-5-9(8-25-15)17(28)11-3-1-2-4-12(11)19(22,23)24/h1-8,25H,(H,26,27). The van der Waals surface area contributed by atoms with Crippen LogP contribution >= 0.6 is 15.9 Å². The van der Waals surface area contributed by atoms with Crippen LogP contribution in [0.5, 0.6) is 0 Å². The summed E-state index contributed by atoms with van der Waals surface area (Å²) >= 11 is 3.19. The molecule has 0 radical (unpaired) electrons. The summed E-state index contributed by atoms with van der Waals surface area (Å²) in [4.78, 5) is 22.5. The summed E-state index contributed by atoms with van der Waals surface area (Å²) in [6, 6.07) is 8.88. The minimum Gasteiger partial charge on any atom is -0.358 e. The molecule has 4 nitrogen and oxygen atoms in total. The molecule has 0 aliphatic heterocycles. The van der Waals surface area contributed by atoms with Crippen LogP contribution in [0.4, 0.5) is 17.6 Å². The van der Waals surface area contributed by atoms with E-state index in [1.54, 1.807) is 6.07 Å². The number of nitrogens with one attached hydrogen (secondary N) is 2. The van der Waals surface area contributed by atoms with Crippen LogP contribution in [0, 0.1) is 5.82 Å². The van der Waals surface area contributed by atoms with Gasteiger partial charge < -0.3 is 9.97 Å². The highest BCUT2D eigenvalue weighted by Crippen LogP contribution is 2.33. The van der Waals surface area contributed by atoms with Crippen LogP contribution in [-0.4, -0.2) is 20.7 Å². The SMILES string of the molecule is O=C(c1c[nH]c(-c2nc3c(F)cc(Br)cc3[nH]2)c1)c1ccccc1C(F)(F)F. The van der Waals surface area contributed by atoms with Crippen LogP contribution in [0.15, 0.2) is 53.1 Å². The van der Waals surface area contributed by atoms with Gasteiger partial charge in [0.25, 0.3) is 0 Å². The van der Waals surface area contributed by atoms with E-state index in [0.29, 0.717) is 15.7 Å². The Morgan fingerprint density at radius 2 is 1.86 bits per heavy atom. The summed E-state index contributed by atoms with van der Waals surface area (Å²) in [5.41, 5.74) is -0.512. The van der Waals surface area contributed by atoms with Crippen molar-refractivity contribution in [1.29, 1.82) is 0 Å². The van der Waals surface area contributed by atoms with E-state index in [0.717, 1.165) is 12.1 Å². The number of alkyl halides is 3. The molecule has 2 heterocycles. The minimum atomic E-state index is -4.64. The van der Waals surface area contributed by atoms with Crippen molar-refractivity contribution in [2.45, 2.75) is 6.18 Å². The number of benzene rings is 2. The van der Waals surface area contributed by atoms with Crippen molar-refractivity contribution in [2.75, 3.05) is 0 Å². The quantitative estimate of drug-likeness (QED) is 0.309. The second kappa shape index (κ2) is 6.59. The number of ketones is 1. The predicted octanol–water partition coefficient (Wildman–Crippen LogP) is 5.71. The fourth-order valence-electron chi connectivity index (χ4n) is 2.92. The van der Waals surface area contributed by atoms with Gasteiger partial charge in [-0.15, -0.1) is 0 Å². The molecule has 9 heteroatoms. The van der Waals surface area contributed by atoms with Crippen molar-refractivity contribution < 1.29 is 22.4 Å². The molecule has 0 spiro atoms. The molecule has 2 aromatic carbocycles. The first-order valence-electron chi connectivity index (χ1n) is 7.98. The second-order valence-corrected chi connectivity index (χ2v) is 6.96. The number of carbonyl (C=O) groups excluding carboxylic acids is 1. The number of fused-ring (bicyclic) bond motifs is 1. The highest BCUT2D eigenvalue weighted by atomic mass is 79.9. The largest absolute Gasteiger partial charge is 0.417 e. The Bertz CT molecular complexity index is 1210. The van der Waals surface area contributed by atoms with Gasteiger partial charge in [0.15, 0.2) is 17.4 Å². The number of nitrogens with zero attached hydrogens (tertiary/aromatic N) is 1. The van der Waals surface area contributed by atoms with Gasteiger partial charge in [0.05, 0.1) is 16.8 Å². The summed E-state index contributed by atoms with van der Waals surface area (Å²) in [6.45, 7) is 0. The molecular formula is C19H10BrF4N3O. The molecule has 0 aliphatic carbocycles. The Hall–Kier alpha value is -2.94. The molecule has 0 fully saturated rings. The molecule has 0 atom stereocenters. The molecule has 0 saturated carbocycles. The first kappa shape index (κ1) is 18.4. The van der Waals surface area contributed by atoms with Crippen molar-refractivity contribution in [2.24, 2.45) is 0 Å². The topological polar surface area (TPSA) is 61.5 Å². The molecule has 2 N–H and O–H groups in total. The summed E-state index contributed by atoms with van der Waals surface area (Å²) in [6.07, 6.45) is -3.35. The normalized spacial score (nSPS) is 11.9. The maximum absolute atomic E-state index is 14.0. The van der Waals surface area contributed by atoms with E-state index in [1.165, 1.54) is 30.5 Å². The summed E-state index contributed by atoms with van der Waals surface area (Å²) in [5, 5.41) is 0. The van der Waals surface area contributed by atoms with Gasteiger partial charge in [-0.05, 0) is 24.3 Å². The van der Waals surface area contributed by atoms with E-state index in [9.17, 15) is 22.4 Å². The molecular weight excluding hydrogens is 442 g/mol. The number of imidazole rings is 1. The molecule has 142 valence electrons. The molecule has 28 heavy (non-hydrogen) atoms. The lowest BCUT2D eigenvalue weighted by atomic mass is 9.99. The third-order valence-electron chi connectivity index (χ3n) is 4.18. The van der Waals surface area contributed by atoms with Crippen LogP contribution in [0.25, 0.3) is 22.6 Å². The van der Waals surface area contributed by atoms with E-state index in [-0.39, 0.29) is 16.9 Å². The summed E-state index contributed by atoms with van der Waals surface area (Å²) < 4.78 is 54.0. The van der Waals surface area contributed by atoms with E-state index in [4.69, 9.17) is 0 Å². The fraction of sp³-hybridized carbons (Fsp3) is 0.0526. The summed E-state index contributed by atoms with van der Waals surface area (Å²) in [5.74, 6) is -1.05. The number of aromatic amines is 2. The molecule has 0 bridgehead atoms. The van der Waals surface area contributed by atoms with Crippen molar-refractivity contribution in [1.82, 2.24) is 15.0 Å². The monoisotopic (exact) mass is 451 g/mol. The van der Waals surface area contributed by atoms with Crippen LogP contribution < -0.4 is 0 Å². The number of hydrogen-bond acceptors (Lipinski definition) is 2. The molecule has 4 rings (SSSR count). The number of carbonyl (C=O) groups is 1. The Morgan fingerprint density at radius 1 is 1.11 bits per heavy atom. The van der Waals surface area contributed by atoms with E-state index >= 15 is 0 Å². The molecule has 2 aromatic heterocycles. The van der Waals surface area contributed by atoms with Crippen molar-refractivity contribution in [3.05, 3.63) is 75.6 Å². The maximum atomic E-state index is 14.0. The maximum Gasteiger partial charge on any atom is 0.417 e. The minimum absolute atomic E-state index is 0.0359. The average molecular weight is 452 g/mol. The highest BCUT2D eigenvalue weighted by Gasteiger charge is 2.35.